The number of cyclic esters (lactones) is 1. The molecule has 10 nitrogen and oxygen atoms in total. The number of amides is 2. The van der Waals surface area contributed by atoms with Gasteiger partial charge in [0.2, 0.25) is 5.91 Å². The molecule has 2 amide bonds. The molecule has 2 aliphatic rings. The van der Waals surface area contributed by atoms with Crippen molar-refractivity contribution in [2.45, 2.75) is 31.9 Å². The molecule has 1 aromatic carbocycles. The zero-order valence-corrected chi connectivity index (χ0v) is 17.4. The number of carbonyl (C=O) groups is 2. The Morgan fingerprint density at radius 1 is 1.45 bits per heavy atom. The van der Waals surface area contributed by atoms with Crippen LogP contribution in [0.4, 0.5) is 25.6 Å². The molecule has 12 heteroatoms. The second kappa shape index (κ2) is 8.10. The number of hydrogen-bond acceptors (Lipinski definition) is 8. The number of primary amides is 1. The van der Waals surface area contributed by atoms with Gasteiger partial charge in [0.1, 0.15) is 23.1 Å². The van der Waals surface area contributed by atoms with Crippen LogP contribution in [0.3, 0.4) is 0 Å². The van der Waals surface area contributed by atoms with Gasteiger partial charge in [0.05, 0.1) is 28.9 Å². The molecule has 2 aliphatic heterocycles. The van der Waals surface area contributed by atoms with Gasteiger partial charge in [-0.15, -0.1) is 0 Å². The maximum Gasteiger partial charge on any atom is 0.414 e. The topological polar surface area (TPSA) is 132 Å². The van der Waals surface area contributed by atoms with Crippen LogP contribution in [0.15, 0.2) is 24.4 Å². The van der Waals surface area contributed by atoms with E-state index >= 15 is 0 Å². The van der Waals surface area contributed by atoms with Crippen molar-refractivity contribution in [2.24, 2.45) is 11.7 Å². The van der Waals surface area contributed by atoms with Crippen molar-refractivity contribution in [1.82, 2.24) is 4.98 Å². The van der Waals surface area contributed by atoms with Crippen molar-refractivity contribution in [3.8, 4) is 0 Å². The molecule has 3 unspecified atom stereocenters. The van der Waals surface area contributed by atoms with Crippen LogP contribution >= 0.6 is 11.3 Å². The van der Waals surface area contributed by atoms with Crippen molar-refractivity contribution < 1.29 is 23.6 Å². The fourth-order valence-electron chi connectivity index (χ4n) is 3.90. The Balaban J connectivity index is 1.50. The van der Waals surface area contributed by atoms with E-state index in [4.69, 9.17) is 10.5 Å². The molecular formula is C19H20FN5O5S. The van der Waals surface area contributed by atoms with Gasteiger partial charge in [-0.05, 0) is 36.0 Å². The van der Waals surface area contributed by atoms with Gasteiger partial charge in [0.15, 0.2) is 0 Å². The molecule has 2 N–H and O–H groups in total. The van der Waals surface area contributed by atoms with Gasteiger partial charge in [0.25, 0.3) is 0 Å². The van der Waals surface area contributed by atoms with Crippen LogP contribution in [0.25, 0.3) is 0 Å². The lowest BCUT2D eigenvalue weighted by molar-refractivity contribution is -0.380. The first-order valence-electron chi connectivity index (χ1n) is 9.67. The molecule has 0 bridgehead atoms. The van der Waals surface area contributed by atoms with Gasteiger partial charge >= 0.3 is 11.1 Å². The average molecular weight is 449 g/mol. The minimum Gasteiger partial charge on any atom is -0.444 e. The Morgan fingerprint density at radius 2 is 2.23 bits per heavy atom. The Bertz CT molecular complexity index is 1050. The molecule has 2 fully saturated rings. The summed E-state index contributed by atoms with van der Waals surface area (Å²) in [5, 5.41) is 11.5. The van der Waals surface area contributed by atoms with E-state index in [-0.39, 0.29) is 29.9 Å². The maximum absolute atomic E-state index is 15.0. The van der Waals surface area contributed by atoms with Crippen LogP contribution in [-0.2, 0) is 9.53 Å². The number of rotatable bonds is 7. The molecule has 0 saturated carbocycles. The lowest BCUT2D eigenvalue weighted by Crippen LogP contribution is -2.48. The monoisotopic (exact) mass is 449 g/mol. The summed E-state index contributed by atoms with van der Waals surface area (Å²) < 4.78 is 20.2. The summed E-state index contributed by atoms with van der Waals surface area (Å²) in [6.45, 7) is 2.76. The van der Waals surface area contributed by atoms with Gasteiger partial charge in [-0.3, -0.25) is 19.8 Å². The van der Waals surface area contributed by atoms with Crippen molar-refractivity contribution >= 4 is 39.7 Å². The van der Waals surface area contributed by atoms with Crippen LogP contribution in [0.5, 0.6) is 0 Å². The number of halogens is 1. The van der Waals surface area contributed by atoms with E-state index in [2.05, 4.69) is 4.98 Å². The maximum atomic E-state index is 15.0. The molecule has 2 saturated heterocycles. The zero-order valence-electron chi connectivity index (χ0n) is 16.6. The summed E-state index contributed by atoms with van der Waals surface area (Å²) in [5.74, 6) is -0.841. The first-order valence-corrected chi connectivity index (χ1v) is 10.5. The van der Waals surface area contributed by atoms with E-state index in [1.807, 2.05) is 11.8 Å². The summed E-state index contributed by atoms with van der Waals surface area (Å²) in [7, 11) is 0. The molecule has 1 aromatic heterocycles. The SMILES string of the molecule is CC1CN(c2ccc(N3CC(CCC(N)=O)OC3=O)cc2F)C1c1ncc([N+](=O)[O-])s1. The molecule has 31 heavy (non-hydrogen) atoms. The summed E-state index contributed by atoms with van der Waals surface area (Å²) in [4.78, 5) is 40.8. The molecule has 0 spiro atoms. The van der Waals surface area contributed by atoms with Crippen LogP contribution < -0.4 is 15.5 Å². The van der Waals surface area contributed by atoms with Crippen molar-refractivity contribution in [2.75, 3.05) is 22.9 Å². The quantitative estimate of drug-likeness (QED) is 0.508. The van der Waals surface area contributed by atoms with Gasteiger partial charge in [-0.25, -0.2) is 14.2 Å². The summed E-state index contributed by atoms with van der Waals surface area (Å²) in [5.41, 5.74) is 5.81. The average Bonchev–Trinajstić information content (AvgIpc) is 3.31. The van der Waals surface area contributed by atoms with E-state index in [0.29, 0.717) is 29.3 Å². The molecule has 3 heterocycles. The summed E-state index contributed by atoms with van der Waals surface area (Å²) in [6, 6.07) is 4.21. The van der Waals surface area contributed by atoms with E-state index in [9.17, 15) is 24.1 Å². The second-order valence-electron chi connectivity index (χ2n) is 7.63. The van der Waals surface area contributed by atoms with Gasteiger partial charge < -0.3 is 15.4 Å². The number of hydrogen-bond donors (Lipinski definition) is 1. The number of anilines is 2. The molecule has 0 radical (unpaired) electrons. The number of benzene rings is 1. The van der Waals surface area contributed by atoms with E-state index in [0.717, 1.165) is 11.3 Å². The highest BCUT2D eigenvalue weighted by Crippen LogP contribution is 2.45. The van der Waals surface area contributed by atoms with Gasteiger partial charge in [0, 0.05) is 18.9 Å². The number of nitrogens with two attached hydrogens (primary N) is 1. The number of carbonyl (C=O) groups excluding carboxylic acids is 2. The Hall–Kier alpha value is -3.28. The smallest absolute Gasteiger partial charge is 0.414 e. The van der Waals surface area contributed by atoms with Crippen LogP contribution in [-0.4, -0.2) is 41.1 Å². The molecular weight excluding hydrogens is 429 g/mol. The molecule has 0 aliphatic carbocycles. The number of thiazole rings is 1. The van der Waals surface area contributed by atoms with Gasteiger partial charge in [-0.2, -0.15) is 0 Å². The van der Waals surface area contributed by atoms with E-state index < -0.39 is 28.8 Å². The zero-order chi connectivity index (χ0) is 22.3. The number of ether oxygens (including phenoxy) is 1. The Morgan fingerprint density at radius 3 is 2.84 bits per heavy atom. The normalized spacial score (nSPS) is 22.9. The molecule has 2 aromatic rings. The minimum atomic E-state index is -0.604. The Kier molecular flexibility index (Phi) is 5.48. The van der Waals surface area contributed by atoms with Crippen LogP contribution in [0.1, 0.15) is 30.8 Å². The summed E-state index contributed by atoms with van der Waals surface area (Å²) in [6.07, 6.45) is 0.542. The highest BCUT2D eigenvalue weighted by molar-refractivity contribution is 7.15. The van der Waals surface area contributed by atoms with E-state index in [1.165, 1.54) is 17.2 Å². The van der Waals surface area contributed by atoms with Crippen molar-refractivity contribution in [3.63, 3.8) is 0 Å². The third-order valence-corrected chi connectivity index (χ3v) is 6.46. The predicted octanol–water partition coefficient (Wildman–Crippen LogP) is 2.98. The lowest BCUT2D eigenvalue weighted by atomic mass is 9.90. The molecule has 3 atom stereocenters. The third-order valence-electron chi connectivity index (χ3n) is 5.44. The fourth-order valence-corrected chi connectivity index (χ4v) is 4.88. The fraction of sp³-hybridized carbons (Fsp3) is 0.421. The minimum absolute atomic E-state index is 0.0525. The summed E-state index contributed by atoms with van der Waals surface area (Å²) >= 11 is 0.987. The van der Waals surface area contributed by atoms with Gasteiger partial charge in [-0.1, -0.05) is 6.92 Å². The van der Waals surface area contributed by atoms with Crippen molar-refractivity contribution in [3.05, 3.63) is 45.3 Å². The third kappa shape index (κ3) is 4.02. The lowest BCUT2D eigenvalue weighted by Gasteiger charge is -2.47. The molecule has 164 valence electrons. The van der Waals surface area contributed by atoms with Crippen LogP contribution in [0, 0.1) is 21.8 Å². The predicted molar refractivity (Wildman–Crippen MR) is 110 cm³/mol. The highest BCUT2D eigenvalue weighted by atomic mass is 32.1. The standard InChI is InChI=1S/C19H20FN5O5S/c1-10-8-24(17(10)18-22-7-16(31-18)25(28)29)14-4-2-11(6-13(14)20)23-9-12(30-19(23)27)3-5-15(21)26/h2,4,6-7,10,12,17H,3,5,8-9H2,1H3,(H2,21,26). The number of nitro groups is 1. The number of nitrogens with zero attached hydrogens (tertiary/aromatic N) is 4. The van der Waals surface area contributed by atoms with E-state index in [1.54, 1.807) is 12.1 Å². The highest BCUT2D eigenvalue weighted by Gasteiger charge is 2.41. The molecule has 4 rings (SSSR count). The van der Waals surface area contributed by atoms with Crippen LogP contribution in [0.2, 0.25) is 0 Å². The first kappa shape index (κ1) is 21.0. The first-order chi connectivity index (χ1) is 14.7. The number of aromatic nitrogens is 1. The Labute approximate surface area is 180 Å². The second-order valence-corrected chi connectivity index (χ2v) is 8.67. The largest absolute Gasteiger partial charge is 0.444 e. The van der Waals surface area contributed by atoms with Crippen molar-refractivity contribution in [1.29, 1.82) is 0 Å².